The van der Waals surface area contributed by atoms with Gasteiger partial charge in [-0.05, 0) is 80.7 Å². The maximum atomic E-state index is 13.0. The number of likely N-dealkylation sites (N-methyl/N-ethyl adjacent to an activating group) is 1. The Hall–Kier alpha value is -1.29. The number of halogens is 3. The molecule has 9 heteroatoms. The zero-order valence-electron chi connectivity index (χ0n) is 13.4. The van der Waals surface area contributed by atoms with E-state index < -0.39 is 21.7 Å². The fourth-order valence-corrected chi connectivity index (χ4v) is 4.81. The number of aryl methyl sites for hydroxylation is 1. The predicted octanol–water partition coefficient (Wildman–Crippen LogP) is 3.92. The summed E-state index contributed by atoms with van der Waals surface area (Å²) >= 11 is 6.73. The van der Waals surface area contributed by atoms with Crippen molar-refractivity contribution in [2.24, 2.45) is 0 Å². The van der Waals surface area contributed by atoms with Crippen LogP contribution in [0.2, 0.25) is 0 Å². The van der Waals surface area contributed by atoms with E-state index in [0.29, 0.717) is 14.6 Å². The average molecular weight is 494 g/mol. The highest BCUT2D eigenvalue weighted by Gasteiger charge is 2.23. The number of benzene rings is 2. The summed E-state index contributed by atoms with van der Waals surface area (Å²) in [5, 5.41) is 2.67. The lowest BCUT2D eigenvalue weighted by Crippen LogP contribution is -2.35. The second-order valence-electron chi connectivity index (χ2n) is 5.37. The summed E-state index contributed by atoms with van der Waals surface area (Å²) in [7, 11) is -2.60. The van der Waals surface area contributed by atoms with E-state index >= 15 is 0 Å². The Morgan fingerprint density at radius 2 is 1.68 bits per heavy atom. The number of nitrogens with one attached hydrogen (secondary N) is 1. The van der Waals surface area contributed by atoms with Gasteiger partial charge in [-0.3, -0.25) is 4.79 Å². The number of hydrogen-bond donors (Lipinski definition) is 1. The molecule has 5 nitrogen and oxygen atoms in total. The molecule has 0 aliphatic carbocycles. The predicted molar refractivity (Wildman–Crippen MR) is 101 cm³/mol. The number of carbonyl (C=O) groups excluding carboxylic acids is 1. The van der Waals surface area contributed by atoms with Crippen molar-refractivity contribution in [2.75, 3.05) is 18.9 Å². The fraction of sp³-hybridized carbons (Fsp3) is 0.188. The van der Waals surface area contributed by atoms with Crippen LogP contribution in [0.4, 0.5) is 10.1 Å². The van der Waals surface area contributed by atoms with Gasteiger partial charge >= 0.3 is 0 Å². The van der Waals surface area contributed by atoms with Crippen molar-refractivity contribution in [3.63, 3.8) is 0 Å². The molecule has 0 fully saturated rings. The maximum Gasteiger partial charge on any atom is 0.243 e. The van der Waals surface area contributed by atoms with E-state index in [4.69, 9.17) is 0 Å². The van der Waals surface area contributed by atoms with E-state index in [9.17, 15) is 17.6 Å². The molecule has 1 amide bonds. The van der Waals surface area contributed by atoms with Crippen LogP contribution >= 0.6 is 31.9 Å². The van der Waals surface area contributed by atoms with Gasteiger partial charge < -0.3 is 5.32 Å². The molecule has 1 N–H and O–H groups in total. The van der Waals surface area contributed by atoms with Gasteiger partial charge in [0, 0.05) is 16.0 Å². The summed E-state index contributed by atoms with van der Waals surface area (Å²) in [6.45, 7) is 1.52. The highest BCUT2D eigenvalue weighted by Crippen LogP contribution is 2.32. The van der Waals surface area contributed by atoms with Gasteiger partial charge in [-0.15, -0.1) is 0 Å². The fourth-order valence-electron chi connectivity index (χ4n) is 2.07. The van der Waals surface area contributed by atoms with Gasteiger partial charge in [-0.25, -0.2) is 12.8 Å². The smallest absolute Gasteiger partial charge is 0.243 e. The van der Waals surface area contributed by atoms with Crippen molar-refractivity contribution < 1.29 is 17.6 Å². The van der Waals surface area contributed by atoms with Crippen LogP contribution in [0.5, 0.6) is 0 Å². The molecular formula is C16H15Br2FN2O3S. The zero-order chi connectivity index (χ0) is 18.8. The third-order valence-electron chi connectivity index (χ3n) is 3.34. The third kappa shape index (κ3) is 4.87. The summed E-state index contributed by atoms with van der Waals surface area (Å²) < 4.78 is 40.0. The first kappa shape index (κ1) is 20.0. The molecule has 2 aromatic rings. The van der Waals surface area contributed by atoms with E-state index in [1.807, 2.05) is 19.1 Å². The Bertz CT molecular complexity index is 879. The van der Waals surface area contributed by atoms with Gasteiger partial charge in [0.1, 0.15) is 5.82 Å². The van der Waals surface area contributed by atoms with Crippen LogP contribution < -0.4 is 5.32 Å². The van der Waals surface area contributed by atoms with E-state index in [-0.39, 0.29) is 11.4 Å². The SMILES string of the molecule is Cc1cc(Br)c(NC(=O)CN(C)S(=O)(=O)c2ccc(F)cc2)c(Br)c1. The molecule has 0 heterocycles. The van der Waals surface area contributed by atoms with Crippen LogP contribution in [0.3, 0.4) is 0 Å². The largest absolute Gasteiger partial charge is 0.323 e. The molecule has 0 saturated heterocycles. The maximum absolute atomic E-state index is 13.0. The Labute approximate surface area is 162 Å². The lowest BCUT2D eigenvalue weighted by molar-refractivity contribution is -0.116. The lowest BCUT2D eigenvalue weighted by Gasteiger charge is -2.18. The summed E-state index contributed by atoms with van der Waals surface area (Å²) in [5.41, 5.74) is 1.51. The monoisotopic (exact) mass is 492 g/mol. The average Bonchev–Trinajstić information content (AvgIpc) is 2.51. The van der Waals surface area contributed by atoms with Crippen LogP contribution in [0, 0.1) is 12.7 Å². The number of hydrogen-bond acceptors (Lipinski definition) is 3. The van der Waals surface area contributed by atoms with Crippen molar-refractivity contribution in [3.8, 4) is 0 Å². The van der Waals surface area contributed by atoms with E-state index in [2.05, 4.69) is 37.2 Å². The summed E-state index contributed by atoms with van der Waals surface area (Å²) in [4.78, 5) is 12.1. The Morgan fingerprint density at radius 1 is 1.16 bits per heavy atom. The molecule has 2 aromatic carbocycles. The number of nitrogens with zero attached hydrogens (tertiary/aromatic N) is 1. The molecule has 0 radical (unpaired) electrons. The van der Waals surface area contributed by atoms with Crippen molar-refractivity contribution in [3.05, 3.63) is 56.7 Å². The molecule has 0 unspecified atom stereocenters. The molecule has 0 aliphatic heterocycles. The summed E-state index contributed by atoms with van der Waals surface area (Å²) in [5.74, 6) is -1.04. The minimum absolute atomic E-state index is 0.0816. The molecule has 0 atom stereocenters. The van der Waals surface area contributed by atoms with Crippen LogP contribution in [0.25, 0.3) is 0 Å². The minimum atomic E-state index is -3.89. The molecule has 2 rings (SSSR count). The number of rotatable bonds is 5. The van der Waals surface area contributed by atoms with Crippen molar-refractivity contribution in [2.45, 2.75) is 11.8 Å². The quantitative estimate of drug-likeness (QED) is 0.686. The van der Waals surface area contributed by atoms with Crippen LogP contribution in [0.15, 0.2) is 50.2 Å². The molecule has 25 heavy (non-hydrogen) atoms. The van der Waals surface area contributed by atoms with Gasteiger partial charge in [-0.1, -0.05) is 0 Å². The van der Waals surface area contributed by atoms with Crippen molar-refractivity contribution in [1.29, 1.82) is 0 Å². The first-order valence-electron chi connectivity index (χ1n) is 7.08. The Kier molecular flexibility index (Phi) is 6.36. The molecule has 0 aliphatic rings. The Balaban J connectivity index is 2.14. The topological polar surface area (TPSA) is 66.5 Å². The summed E-state index contributed by atoms with van der Waals surface area (Å²) in [6, 6.07) is 8.10. The highest BCUT2D eigenvalue weighted by molar-refractivity contribution is 9.11. The van der Waals surface area contributed by atoms with Crippen molar-refractivity contribution in [1.82, 2.24) is 4.31 Å². The molecule has 134 valence electrons. The highest BCUT2D eigenvalue weighted by atomic mass is 79.9. The number of anilines is 1. The number of carbonyl (C=O) groups is 1. The number of amides is 1. The van der Waals surface area contributed by atoms with Crippen molar-refractivity contribution >= 4 is 53.5 Å². The van der Waals surface area contributed by atoms with Gasteiger partial charge in [0.05, 0.1) is 17.1 Å². The van der Waals surface area contributed by atoms with Crippen LogP contribution in [-0.4, -0.2) is 32.2 Å². The number of sulfonamides is 1. The van der Waals surface area contributed by atoms with Gasteiger partial charge in [0.15, 0.2) is 0 Å². The lowest BCUT2D eigenvalue weighted by atomic mass is 10.2. The molecule has 0 bridgehead atoms. The standard InChI is InChI=1S/C16H15Br2FN2O3S/c1-10-7-13(17)16(14(18)8-10)20-15(22)9-21(2)25(23,24)12-5-3-11(19)4-6-12/h3-8H,9H2,1-2H3,(H,20,22). The van der Waals surface area contributed by atoms with Crippen LogP contribution in [0.1, 0.15) is 5.56 Å². The minimum Gasteiger partial charge on any atom is -0.323 e. The van der Waals surface area contributed by atoms with Gasteiger partial charge in [0.25, 0.3) is 0 Å². The van der Waals surface area contributed by atoms with E-state index in [0.717, 1.165) is 34.1 Å². The second-order valence-corrected chi connectivity index (χ2v) is 9.12. The third-order valence-corrected chi connectivity index (χ3v) is 6.41. The van der Waals surface area contributed by atoms with Gasteiger partial charge in [0.2, 0.25) is 15.9 Å². The van der Waals surface area contributed by atoms with E-state index in [1.54, 1.807) is 0 Å². The summed E-state index contributed by atoms with van der Waals surface area (Å²) in [6.07, 6.45) is 0. The molecule has 0 spiro atoms. The molecule has 0 saturated carbocycles. The van der Waals surface area contributed by atoms with Crippen LogP contribution in [-0.2, 0) is 14.8 Å². The first-order chi connectivity index (χ1) is 11.6. The Morgan fingerprint density at radius 3 is 2.20 bits per heavy atom. The zero-order valence-corrected chi connectivity index (χ0v) is 17.4. The second kappa shape index (κ2) is 7.94. The first-order valence-corrected chi connectivity index (χ1v) is 10.1. The molecular weight excluding hydrogens is 479 g/mol. The normalized spacial score (nSPS) is 11.6. The van der Waals surface area contributed by atoms with E-state index in [1.165, 1.54) is 7.05 Å². The van der Waals surface area contributed by atoms with Gasteiger partial charge in [-0.2, -0.15) is 4.31 Å². The molecule has 0 aromatic heterocycles.